The second-order valence-electron chi connectivity index (χ2n) is 4.52. The standard InChI is InChI=1S/C11H18FN5O2/c1-16-10(13)14-9(15-16)8-2-5-17(6-3-8)11(18)19-7-4-12/h8H,2-7H2,1H3,(H2,13,14,15). The monoisotopic (exact) mass is 271 g/mol. The van der Waals surface area contributed by atoms with Crippen LogP contribution in [0.2, 0.25) is 0 Å². The molecule has 0 radical (unpaired) electrons. The summed E-state index contributed by atoms with van der Waals surface area (Å²) in [5.41, 5.74) is 5.65. The number of anilines is 1. The predicted octanol–water partition coefficient (Wildman–Crippen LogP) is 0.683. The van der Waals surface area contributed by atoms with Gasteiger partial charge in [-0.2, -0.15) is 10.1 Å². The van der Waals surface area contributed by atoms with E-state index in [9.17, 15) is 9.18 Å². The number of likely N-dealkylation sites (tertiary alicyclic amines) is 1. The number of aryl methyl sites for hydroxylation is 1. The van der Waals surface area contributed by atoms with Crippen LogP contribution in [-0.4, -0.2) is 52.1 Å². The van der Waals surface area contributed by atoms with Crippen LogP contribution in [0.3, 0.4) is 0 Å². The van der Waals surface area contributed by atoms with Gasteiger partial charge >= 0.3 is 6.09 Å². The molecule has 106 valence electrons. The molecule has 1 aromatic heterocycles. The van der Waals surface area contributed by atoms with E-state index in [4.69, 9.17) is 10.5 Å². The van der Waals surface area contributed by atoms with Crippen molar-refractivity contribution in [1.82, 2.24) is 19.7 Å². The van der Waals surface area contributed by atoms with Crippen LogP contribution in [0.5, 0.6) is 0 Å². The summed E-state index contributed by atoms with van der Waals surface area (Å²) in [7, 11) is 1.75. The number of ether oxygens (including phenoxy) is 1. The lowest BCUT2D eigenvalue weighted by molar-refractivity contribution is 0.0870. The van der Waals surface area contributed by atoms with E-state index in [2.05, 4.69) is 10.1 Å². The van der Waals surface area contributed by atoms with Crippen LogP contribution < -0.4 is 5.73 Å². The molecule has 19 heavy (non-hydrogen) atoms. The Hall–Kier alpha value is -1.86. The first-order chi connectivity index (χ1) is 9.11. The average molecular weight is 271 g/mol. The molecule has 1 aromatic rings. The number of carbonyl (C=O) groups is 1. The third-order valence-electron chi connectivity index (χ3n) is 3.23. The molecule has 1 amide bonds. The van der Waals surface area contributed by atoms with E-state index in [1.54, 1.807) is 11.9 Å². The summed E-state index contributed by atoms with van der Waals surface area (Å²) in [4.78, 5) is 17.3. The number of piperidine rings is 1. The summed E-state index contributed by atoms with van der Waals surface area (Å²) < 4.78 is 18.2. The van der Waals surface area contributed by atoms with Gasteiger partial charge in [0.15, 0.2) is 5.82 Å². The molecule has 0 aliphatic carbocycles. The van der Waals surface area contributed by atoms with E-state index < -0.39 is 12.8 Å². The van der Waals surface area contributed by atoms with Gasteiger partial charge in [0.2, 0.25) is 5.95 Å². The lowest BCUT2D eigenvalue weighted by atomic mass is 9.96. The zero-order valence-electron chi connectivity index (χ0n) is 10.9. The van der Waals surface area contributed by atoms with Crippen molar-refractivity contribution in [3.05, 3.63) is 5.82 Å². The Balaban J connectivity index is 1.87. The van der Waals surface area contributed by atoms with E-state index in [0.29, 0.717) is 19.0 Å². The molecule has 0 saturated carbocycles. The third kappa shape index (κ3) is 3.12. The Labute approximate surface area is 110 Å². The Morgan fingerprint density at radius 2 is 2.21 bits per heavy atom. The highest BCUT2D eigenvalue weighted by molar-refractivity contribution is 5.67. The van der Waals surface area contributed by atoms with Gasteiger partial charge in [-0.1, -0.05) is 0 Å². The molecule has 2 rings (SSSR count). The minimum absolute atomic E-state index is 0.183. The number of nitrogens with two attached hydrogens (primary N) is 1. The van der Waals surface area contributed by atoms with Crippen molar-refractivity contribution in [2.45, 2.75) is 18.8 Å². The normalized spacial score (nSPS) is 16.6. The Kier molecular flexibility index (Phi) is 4.18. The van der Waals surface area contributed by atoms with Gasteiger partial charge in [0.25, 0.3) is 0 Å². The van der Waals surface area contributed by atoms with Crippen molar-refractivity contribution in [1.29, 1.82) is 0 Å². The molecule has 0 aromatic carbocycles. The number of amides is 1. The van der Waals surface area contributed by atoms with Crippen molar-refractivity contribution in [3.8, 4) is 0 Å². The molecule has 1 fully saturated rings. The van der Waals surface area contributed by atoms with Crippen molar-refractivity contribution in [2.75, 3.05) is 32.1 Å². The fourth-order valence-electron chi connectivity index (χ4n) is 2.13. The van der Waals surface area contributed by atoms with Crippen LogP contribution in [0.1, 0.15) is 24.6 Å². The molecule has 8 heteroatoms. The number of alkyl halides is 1. The van der Waals surface area contributed by atoms with Crippen LogP contribution in [0.4, 0.5) is 15.1 Å². The quantitative estimate of drug-likeness (QED) is 0.873. The molecular formula is C11H18FN5O2. The van der Waals surface area contributed by atoms with Gasteiger partial charge in [-0.25, -0.2) is 13.9 Å². The number of hydrogen-bond donors (Lipinski definition) is 1. The van der Waals surface area contributed by atoms with Crippen molar-refractivity contribution in [2.24, 2.45) is 7.05 Å². The van der Waals surface area contributed by atoms with Gasteiger partial charge in [0.1, 0.15) is 13.3 Å². The van der Waals surface area contributed by atoms with Gasteiger partial charge in [0.05, 0.1) is 0 Å². The fourth-order valence-corrected chi connectivity index (χ4v) is 2.13. The van der Waals surface area contributed by atoms with E-state index >= 15 is 0 Å². The van der Waals surface area contributed by atoms with Crippen LogP contribution in [-0.2, 0) is 11.8 Å². The highest BCUT2D eigenvalue weighted by Crippen LogP contribution is 2.26. The first kappa shape index (κ1) is 13.6. The van der Waals surface area contributed by atoms with Crippen LogP contribution in [0.15, 0.2) is 0 Å². The topological polar surface area (TPSA) is 86.3 Å². The molecule has 1 saturated heterocycles. The smallest absolute Gasteiger partial charge is 0.409 e. The maximum atomic E-state index is 11.9. The summed E-state index contributed by atoms with van der Waals surface area (Å²) in [5.74, 6) is 1.31. The highest BCUT2D eigenvalue weighted by Gasteiger charge is 2.27. The van der Waals surface area contributed by atoms with E-state index in [1.807, 2.05) is 0 Å². The molecule has 0 atom stereocenters. The Morgan fingerprint density at radius 3 is 2.74 bits per heavy atom. The molecule has 1 aliphatic heterocycles. The van der Waals surface area contributed by atoms with Crippen molar-refractivity contribution < 1.29 is 13.9 Å². The number of nitrogens with zero attached hydrogens (tertiary/aromatic N) is 4. The van der Waals surface area contributed by atoms with E-state index in [0.717, 1.165) is 18.7 Å². The largest absolute Gasteiger partial charge is 0.447 e. The van der Waals surface area contributed by atoms with Crippen molar-refractivity contribution in [3.63, 3.8) is 0 Å². The second kappa shape index (κ2) is 5.85. The van der Waals surface area contributed by atoms with Gasteiger partial charge in [-0.15, -0.1) is 0 Å². The summed E-state index contributed by atoms with van der Waals surface area (Å²) >= 11 is 0. The van der Waals surface area contributed by atoms with E-state index in [1.165, 1.54) is 4.68 Å². The minimum atomic E-state index is -0.653. The second-order valence-corrected chi connectivity index (χ2v) is 4.52. The number of rotatable bonds is 3. The first-order valence-electron chi connectivity index (χ1n) is 6.26. The fraction of sp³-hybridized carbons (Fsp3) is 0.727. The molecular weight excluding hydrogens is 253 g/mol. The molecule has 7 nitrogen and oxygen atoms in total. The number of halogens is 1. The molecule has 1 aliphatic rings. The SMILES string of the molecule is Cn1nc(C2CCN(C(=O)OCCF)CC2)nc1N. The van der Waals surface area contributed by atoms with Crippen molar-refractivity contribution >= 4 is 12.0 Å². The van der Waals surface area contributed by atoms with Gasteiger partial charge in [-0.3, -0.25) is 0 Å². The molecule has 2 N–H and O–H groups in total. The maximum absolute atomic E-state index is 11.9. The highest BCUT2D eigenvalue weighted by atomic mass is 19.1. The number of nitrogen functional groups attached to an aromatic ring is 1. The average Bonchev–Trinajstić information content (AvgIpc) is 2.76. The molecule has 0 unspecified atom stereocenters. The lowest BCUT2D eigenvalue weighted by Crippen LogP contribution is -2.38. The van der Waals surface area contributed by atoms with Crippen LogP contribution >= 0.6 is 0 Å². The maximum Gasteiger partial charge on any atom is 0.409 e. The van der Waals surface area contributed by atoms with Gasteiger partial charge < -0.3 is 15.4 Å². The number of carbonyl (C=O) groups excluding carboxylic acids is 1. The summed E-state index contributed by atoms with van der Waals surface area (Å²) in [6.45, 7) is 0.290. The van der Waals surface area contributed by atoms with Crippen LogP contribution in [0, 0.1) is 0 Å². The van der Waals surface area contributed by atoms with Crippen LogP contribution in [0.25, 0.3) is 0 Å². The Bertz CT molecular complexity index is 423. The molecule has 0 spiro atoms. The number of hydrogen-bond acceptors (Lipinski definition) is 5. The van der Waals surface area contributed by atoms with Gasteiger partial charge in [0, 0.05) is 26.1 Å². The predicted molar refractivity (Wildman–Crippen MR) is 66.3 cm³/mol. The molecule has 2 heterocycles. The zero-order chi connectivity index (χ0) is 13.8. The molecule has 0 bridgehead atoms. The first-order valence-corrected chi connectivity index (χ1v) is 6.26. The third-order valence-corrected chi connectivity index (χ3v) is 3.23. The Morgan fingerprint density at radius 1 is 1.53 bits per heavy atom. The number of aromatic nitrogens is 3. The summed E-state index contributed by atoms with van der Waals surface area (Å²) in [6, 6.07) is 0. The van der Waals surface area contributed by atoms with E-state index in [-0.39, 0.29) is 12.5 Å². The summed E-state index contributed by atoms with van der Waals surface area (Å²) in [6.07, 6.45) is 1.06. The van der Waals surface area contributed by atoms with Gasteiger partial charge in [-0.05, 0) is 12.8 Å². The summed E-state index contributed by atoms with van der Waals surface area (Å²) in [5, 5.41) is 4.25. The zero-order valence-corrected chi connectivity index (χ0v) is 10.9. The minimum Gasteiger partial charge on any atom is -0.447 e. The lowest BCUT2D eigenvalue weighted by Gasteiger charge is -2.29.